The van der Waals surface area contributed by atoms with Crippen LogP contribution in [0.1, 0.15) is 35.4 Å². The summed E-state index contributed by atoms with van der Waals surface area (Å²) < 4.78 is 48.8. The highest BCUT2D eigenvalue weighted by atomic mass is 32.2. The number of hydrogen-bond donors (Lipinski definition) is 16. The number of carbonyl (C=O) groups excluding carboxylic acids is 1. The maximum Gasteiger partial charge on any atom is 0.314 e. The number of esters is 1. The third-order valence-corrected chi connectivity index (χ3v) is 16.0. The largest absolute Gasteiger partial charge is 0.508 e. The van der Waals surface area contributed by atoms with Crippen molar-refractivity contribution in [1.82, 2.24) is 5.32 Å². The van der Waals surface area contributed by atoms with Gasteiger partial charge < -0.3 is 124 Å². The maximum absolute atomic E-state index is 13.6. The lowest BCUT2D eigenvalue weighted by molar-refractivity contribution is -0.306. The molecule has 25 nitrogen and oxygen atoms in total. The number of phenols is 2. The summed E-state index contributed by atoms with van der Waals surface area (Å²) in [5.41, 5.74) is 38.1. The molecule has 27 heteroatoms. The number of rotatable bonds is 15. The first-order valence-corrected chi connectivity index (χ1v) is 26.1. The molecule has 75 heavy (non-hydrogen) atoms. The Labute approximate surface area is 440 Å². The van der Waals surface area contributed by atoms with E-state index in [4.69, 9.17) is 84.5 Å². The molecule has 9 rings (SSSR count). The fraction of sp³-hybridized carbons (Fsp3) is 0.583. The van der Waals surface area contributed by atoms with Crippen molar-refractivity contribution in [3.8, 4) is 23.0 Å². The second-order valence-electron chi connectivity index (χ2n) is 19.6. The zero-order valence-electron chi connectivity index (χ0n) is 40.3. The molecule has 3 aromatic rings. The molecule has 0 radical (unpaired) electrons. The number of thiocarbonyl (C=S) groups is 1. The number of aliphatic hydroxyl groups is 6. The van der Waals surface area contributed by atoms with Crippen LogP contribution in [0.2, 0.25) is 0 Å². The molecule has 1 spiro atoms. The molecule has 0 aromatic heterocycles. The van der Waals surface area contributed by atoms with Crippen molar-refractivity contribution in [2.75, 3.05) is 36.5 Å². The van der Waals surface area contributed by atoms with Gasteiger partial charge in [0.2, 0.25) is 0 Å². The molecule has 1 saturated carbocycles. The minimum Gasteiger partial charge on any atom is -0.508 e. The Hall–Kier alpha value is -4.15. The van der Waals surface area contributed by atoms with Crippen LogP contribution in [0.25, 0.3) is 0 Å². The number of phenolic OH excluding ortho intramolecular Hbond substituents is 2. The molecule has 5 heterocycles. The van der Waals surface area contributed by atoms with E-state index in [0.29, 0.717) is 51.3 Å². The zero-order valence-corrected chi connectivity index (χ0v) is 41.9. The van der Waals surface area contributed by atoms with Crippen LogP contribution in [-0.4, -0.2) is 199 Å². The van der Waals surface area contributed by atoms with Crippen LogP contribution >= 0.6 is 24.0 Å². The number of anilines is 1. The first kappa shape index (κ1) is 55.6. The first-order chi connectivity index (χ1) is 35.8. The van der Waals surface area contributed by atoms with Gasteiger partial charge in [-0.1, -0.05) is 12.1 Å². The smallest absolute Gasteiger partial charge is 0.314 e. The van der Waals surface area contributed by atoms with Gasteiger partial charge in [-0.15, -0.1) is 0 Å². The Balaban J connectivity index is 0.824. The molecule has 1 aliphatic carbocycles. The molecule has 0 amide bonds. The Kier molecular flexibility index (Phi) is 17.1. The summed E-state index contributed by atoms with van der Waals surface area (Å²) in [6.45, 7) is -0.00806. The molecular formula is C48H66N8O17S2. The van der Waals surface area contributed by atoms with Crippen LogP contribution < -0.4 is 49.8 Å². The van der Waals surface area contributed by atoms with Gasteiger partial charge in [0.15, 0.2) is 29.6 Å². The predicted molar refractivity (Wildman–Crippen MR) is 270 cm³/mol. The second kappa shape index (κ2) is 23.1. The van der Waals surface area contributed by atoms with Gasteiger partial charge in [-0.2, -0.15) is 11.8 Å². The van der Waals surface area contributed by atoms with E-state index in [1.807, 2.05) is 0 Å². The Bertz CT molecular complexity index is 2440. The summed E-state index contributed by atoms with van der Waals surface area (Å²) in [4.78, 5) is 13.6. The lowest BCUT2D eigenvalue weighted by atomic mass is 9.77. The van der Waals surface area contributed by atoms with Crippen LogP contribution in [0, 0.1) is 0 Å². The van der Waals surface area contributed by atoms with Gasteiger partial charge in [0, 0.05) is 78.6 Å². The fourth-order valence-corrected chi connectivity index (χ4v) is 11.6. The molecule has 8 unspecified atom stereocenters. The monoisotopic (exact) mass is 1090 g/mol. The number of hydrogen-bond acceptors (Lipinski definition) is 25. The van der Waals surface area contributed by atoms with Gasteiger partial charge in [0.1, 0.15) is 84.0 Å². The summed E-state index contributed by atoms with van der Waals surface area (Å²) >= 11 is 6.99. The molecule has 4 saturated heterocycles. The molecule has 0 bridgehead atoms. The van der Waals surface area contributed by atoms with Crippen molar-refractivity contribution in [2.45, 2.75) is 141 Å². The van der Waals surface area contributed by atoms with Crippen molar-refractivity contribution in [2.24, 2.45) is 34.4 Å². The van der Waals surface area contributed by atoms with Crippen LogP contribution in [-0.2, 0) is 43.6 Å². The highest BCUT2D eigenvalue weighted by Gasteiger charge is 2.56. The van der Waals surface area contributed by atoms with Gasteiger partial charge >= 0.3 is 5.97 Å². The van der Waals surface area contributed by atoms with Gasteiger partial charge in [0.25, 0.3) is 0 Å². The predicted octanol–water partition coefficient (Wildman–Crippen LogP) is -3.68. The first-order valence-electron chi connectivity index (χ1n) is 24.6. The minimum absolute atomic E-state index is 0.0325. The standard InChI is InChI=1S/C48H66N8O17S2/c49-15-29-35(60)37(62)32(53)44(67-29)70-40-26(52)13-25(51)34(59)42(40)72-46-39(64)41(71-45-33(54)38(63)36(61)30(16-50)68-45)31(69-46)17-75-10-9-55-47(74)56-19-3-1-18(2-4-19)22-14-48(73-43(22)65)23-7-5-20(57)11-27(23)66-28-12-21(58)6-8-24(28)48/h1-8,11-12,22,25-26,29-42,44-46,57-64H,9-10,13-17,49-54H2,(H2,55,56,74)/t22?,25-,26?,29?,30+,31-,32?,33?,34?,35-,36-,37-,38?,39+,40-,41+,42-,44-,45-,46?/m1/s1. The molecule has 22 N–H and O–H groups in total. The molecule has 412 valence electrons. The normalized spacial score (nSPS) is 38.1. The fourth-order valence-electron chi connectivity index (χ4n) is 10.5. The number of benzene rings is 3. The third kappa shape index (κ3) is 11.1. The van der Waals surface area contributed by atoms with Crippen molar-refractivity contribution in [3.05, 3.63) is 77.4 Å². The van der Waals surface area contributed by atoms with Gasteiger partial charge in [0.05, 0.1) is 30.2 Å². The number of nitrogens with one attached hydrogen (secondary N) is 2. The number of fused-ring (bicyclic) bond motifs is 4. The molecule has 20 atom stereocenters. The third-order valence-electron chi connectivity index (χ3n) is 14.6. The highest BCUT2D eigenvalue weighted by molar-refractivity contribution is 7.99. The van der Waals surface area contributed by atoms with Gasteiger partial charge in [-0.25, -0.2) is 0 Å². The van der Waals surface area contributed by atoms with E-state index in [-0.39, 0.29) is 43.2 Å². The SMILES string of the molecule is NCC1O[C@H](O[C@@H]2C(N)C[C@@H](N)C(O)[C@H]2OC2O[C@H](CSCCNC(=S)Nc3ccc(C4CC5(OC4=O)c4ccc(O)cc4Oc4cc(O)ccc45)cc3)[C@H](O[C@H]3O[C@@H](CN)[C@@H](O)C(O)C3N)[C@@H]2O)C(N)[C@@H](O)[C@@H]1O. The van der Waals surface area contributed by atoms with E-state index in [9.17, 15) is 45.6 Å². The van der Waals surface area contributed by atoms with Crippen molar-refractivity contribution in [1.29, 1.82) is 0 Å². The van der Waals surface area contributed by atoms with E-state index in [1.54, 1.807) is 36.4 Å². The number of ether oxygens (including phenoxy) is 8. The Morgan fingerprint density at radius 1 is 0.680 bits per heavy atom. The summed E-state index contributed by atoms with van der Waals surface area (Å²) in [5, 5.41) is 92.6. The van der Waals surface area contributed by atoms with Crippen molar-refractivity contribution in [3.63, 3.8) is 0 Å². The zero-order chi connectivity index (χ0) is 53.6. The average Bonchev–Trinajstić information content (AvgIpc) is 3.88. The Morgan fingerprint density at radius 2 is 1.23 bits per heavy atom. The quantitative estimate of drug-likeness (QED) is 0.0396. The number of nitrogens with two attached hydrogens (primary N) is 6. The number of thioether (sulfide) groups is 1. The van der Waals surface area contributed by atoms with Gasteiger partial charge in [-0.3, -0.25) is 4.79 Å². The molecule has 5 fully saturated rings. The summed E-state index contributed by atoms with van der Waals surface area (Å²) in [5.74, 6) is 0.0657. The minimum atomic E-state index is -1.59. The number of aromatic hydroxyl groups is 2. The number of aliphatic hydroxyl groups excluding tert-OH is 6. The molecule has 6 aliphatic rings. The summed E-state index contributed by atoms with van der Waals surface area (Å²) in [6, 6.07) is 12.0. The van der Waals surface area contributed by atoms with E-state index in [0.717, 1.165) is 0 Å². The van der Waals surface area contributed by atoms with Gasteiger partial charge in [-0.05, 0) is 60.6 Å². The van der Waals surface area contributed by atoms with Crippen LogP contribution in [0.5, 0.6) is 23.0 Å². The van der Waals surface area contributed by atoms with Crippen molar-refractivity contribution < 1.29 is 83.5 Å². The van der Waals surface area contributed by atoms with E-state index >= 15 is 0 Å². The second-order valence-corrected chi connectivity index (χ2v) is 21.2. The van der Waals surface area contributed by atoms with E-state index in [1.165, 1.54) is 36.0 Å². The maximum atomic E-state index is 13.6. The summed E-state index contributed by atoms with van der Waals surface area (Å²) in [7, 11) is 0. The van der Waals surface area contributed by atoms with E-state index < -0.39 is 134 Å². The van der Waals surface area contributed by atoms with E-state index in [2.05, 4.69) is 10.6 Å². The topological polar surface area (TPSA) is 433 Å². The van der Waals surface area contributed by atoms with Crippen LogP contribution in [0.4, 0.5) is 5.69 Å². The van der Waals surface area contributed by atoms with Crippen molar-refractivity contribution >= 4 is 40.7 Å². The lowest BCUT2D eigenvalue weighted by Crippen LogP contribution is -2.68. The molecular weight excluding hydrogens is 1020 g/mol. The van der Waals surface area contributed by atoms with Crippen LogP contribution in [0.3, 0.4) is 0 Å². The molecule has 3 aromatic carbocycles. The van der Waals surface area contributed by atoms with Crippen LogP contribution in [0.15, 0.2) is 60.7 Å². The summed E-state index contributed by atoms with van der Waals surface area (Å²) in [6.07, 6.45) is -19.6. The lowest BCUT2D eigenvalue weighted by Gasteiger charge is -2.47. The number of carbonyl (C=O) groups is 1. The average molecular weight is 1090 g/mol. The molecule has 5 aliphatic heterocycles. The highest BCUT2D eigenvalue weighted by Crippen LogP contribution is 2.57. The Morgan fingerprint density at radius 3 is 1.80 bits per heavy atom.